The standard InChI is InChI=1S/C14H17N3O2S/c1-15-5-7-17(8-6-15)12-11(10-4-3-9-20-10)13(18)16(2)14(12)19/h3-4,9H,5-8H2,1-2H3. The molecule has 0 aliphatic carbocycles. The Morgan fingerprint density at radius 1 is 1.05 bits per heavy atom. The monoisotopic (exact) mass is 291 g/mol. The number of piperazine rings is 1. The molecule has 2 amide bonds. The van der Waals surface area contributed by atoms with E-state index in [1.165, 1.54) is 16.2 Å². The summed E-state index contributed by atoms with van der Waals surface area (Å²) in [4.78, 5) is 31.1. The normalized spacial score (nSPS) is 21.3. The van der Waals surface area contributed by atoms with E-state index in [0.717, 1.165) is 31.1 Å². The van der Waals surface area contributed by atoms with Crippen molar-refractivity contribution in [3.8, 4) is 0 Å². The molecule has 1 aromatic heterocycles. The molecular formula is C14H17N3O2S. The van der Waals surface area contributed by atoms with Crippen LogP contribution < -0.4 is 0 Å². The minimum absolute atomic E-state index is 0.178. The molecule has 0 bridgehead atoms. The Balaban J connectivity index is 2.02. The Bertz CT molecular complexity index is 571. The van der Waals surface area contributed by atoms with Gasteiger partial charge in [0.25, 0.3) is 11.8 Å². The topological polar surface area (TPSA) is 43.9 Å². The molecule has 0 spiro atoms. The van der Waals surface area contributed by atoms with Gasteiger partial charge < -0.3 is 9.80 Å². The second-order valence-corrected chi connectivity index (χ2v) is 6.11. The lowest BCUT2D eigenvalue weighted by atomic mass is 10.1. The molecule has 0 aromatic carbocycles. The molecule has 6 heteroatoms. The first-order valence-electron chi connectivity index (χ1n) is 6.63. The van der Waals surface area contributed by atoms with Gasteiger partial charge in [-0.3, -0.25) is 14.5 Å². The number of imide groups is 1. The fraction of sp³-hybridized carbons (Fsp3) is 0.429. The highest BCUT2D eigenvalue weighted by Crippen LogP contribution is 2.33. The van der Waals surface area contributed by atoms with E-state index in [1.807, 2.05) is 17.5 Å². The van der Waals surface area contributed by atoms with Crippen LogP contribution in [-0.2, 0) is 9.59 Å². The minimum atomic E-state index is -0.189. The SMILES string of the molecule is CN1CCN(C2=C(c3cccs3)C(=O)N(C)C2=O)CC1. The van der Waals surface area contributed by atoms with Crippen molar-refractivity contribution < 1.29 is 9.59 Å². The van der Waals surface area contributed by atoms with Gasteiger partial charge in [-0.05, 0) is 18.5 Å². The molecule has 3 rings (SSSR count). The summed E-state index contributed by atoms with van der Waals surface area (Å²) < 4.78 is 0. The van der Waals surface area contributed by atoms with Gasteiger partial charge in [0.15, 0.2) is 0 Å². The maximum atomic E-state index is 12.4. The Morgan fingerprint density at radius 2 is 1.75 bits per heavy atom. The predicted octanol–water partition coefficient (Wildman–Crippen LogP) is 0.705. The van der Waals surface area contributed by atoms with E-state index in [4.69, 9.17) is 0 Å². The summed E-state index contributed by atoms with van der Waals surface area (Å²) in [6.07, 6.45) is 0. The first-order valence-corrected chi connectivity index (χ1v) is 7.51. The van der Waals surface area contributed by atoms with Crippen LogP contribution in [0.3, 0.4) is 0 Å². The van der Waals surface area contributed by atoms with E-state index in [1.54, 1.807) is 7.05 Å². The van der Waals surface area contributed by atoms with Crippen LogP contribution in [0.1, 0.15) is 4.88 Å². The molecule has 1 fully saturated rings. The first kappa shape index (κ1) is 13.3. The van der Waals surface area contributed by atoms with Crippen LogP contribution in [0.4, 0.5) is 0 Å². The summed E-state index contributed by atoms with van der Waals surface area (Å²) in [6, 6.07) is 3.81. The lowest BCUT2D eigenvalue weighted by Crippen LogP contribution is -2.45. The summed E-state index contributed by atoms with van der Waals surface area (Å²) in [5, 5.41) is 1.93. The van der Waals surface area contributed by atoms with Crippen molar-refractivity contribution in [2.45, 2.75) is 0 Å². The number of likely N-dealkylation sites (N-methyl/N-ethyl adjacent to an activating group) is 2. The second-order valence-electron chi connectivity index (χ2n) is 5.16. The van der Waals surface area contributed by atoms with Crippen molar-refractivity contribution in [1.29, 1.82) is 0 Å². The molecule has 0 N–H and O–H groups in total. The van der Waals surface area contributed by atoms with Crippen LogP contribution >= 0.6 is 11.3 Å². The Morgan fingerprint density at radius 3 is 2.35 bits per heavy atom. The van der Waals surface area contributed by atoms with E-state index < -0.39 is 0 Å². The number of hydrogen-bond donors (Lipinski definition) is 0. The van der Waals surface area contributed by atoms with Crippen LogP contribution in [0.25, 0.3) is 5.57 Å². The number of thiophene rings is 1. The average molecular weight is 291 g/mol. The molecule has 0 radical (unpaired) electrons. The quantitative estimate of drug-likeness (QED) is 0.753. The second kappa shape index (κ2) is 5.03. The molecule has 5 nitrogen and oxygen atoms in total. The minimum Gasteiger partial charge on any atom is -0.364 e. The van der Waals surface area contributed by atoms with Gasteiger partial charge in [0.1, 0.15) is 5.70 Å². The van der Waals surface area contributed by atoms with E-state index in [2.05, 4.69) is 16.8 Å². The average Bonchev–Trinajstić information content (AvgIpc) is 3.03. The molecule has 0 saturated carbocycles. The molecule has 1 aromatic rings. The van der Waals surface area contributed by atoms with Crippen LogP contribution in [0.5, 0.6) is 0 Å². The zero-order valence-electron chi connectivity index (χ0n) is 11.6. The number of nitrogens with zero attached hydrogens (tertiary/aromatic N) is 3. The smallest absolute Gasteiger partial charge is 0.277 e. The highest BCUT2D eigenvalue weighted by molar-refractivity contribution is 7.11. The van der Waals surface area contributed by atoms with Gasteiger partial charge in [-0.15, -0.1) is 11.3 Å². The lowest BCUT2D eigenvalue weighted by Gasteiger charge is -2.34. The predicted molar refractivity (Wildman–Crippen MR) is 78.1 cm³/mol. The van der Waals surface area contributed by atoms with E-state index in [9.17, 15) is 9.59 Å². The number of carbonyl (C=O) groups is 2. The van der Waals surface area contributed by atoms with Gasteiger partial charge in [0.2, 0.25) is 0 Å². The molecule has 106 valence electrons. The van der Waals surface area contributed by atoms with E-state index >= 15 is 0 Å². The van der Waals surface area contributed by atoms with Crippen LogP contribution in [-0.4, -0.2) is 66.8 Å². The largest absolute Gasteiger partial charge is 0.364 e. The number of hydrogen-bond acceptors (Lipinski definition) is 5. The van der Waals surface area contributed by atoms with E-state index in [0.29, 0.717) is 11.3 Å². The summed E-state index contributed by atoms with van der Waals surface area (Å²) in [5.41, 5.74) is 1.14. The Hall–Kier alpha value is -1.66. The summed E-state index contributed by atoms with van der Waals surface area (Å²) in [6.45, 7) is 3.39. The fourth-order valence-electron chi connectivity index (χ4n) is 2.59. The van der Waals surface area contributed by atoms with Crippen molar-refractivity contribution in [3.63, 3.8) is 0 Å². The molecule has 3 heterocycles. The van der Waals surface area contributed by atoms with Crippen molar-refractivity contribution in [3.05, 3.63) is 28.1 Å². The van der Waals surface area contributed by atoms with Gasteiger partial charge in [-0.2, -0.15) is 0 Å². The number of rotatable bonds is 2. The van der Waals surface area contributed by atoms with Crippen LogP contribution in [0, 0.1) is 0 Å². The molecule has 20 heavy (non-hydrogen) atoms. The van der Waals surface area contributed by atoms with Gasteiger partial charge in [-0.25, -0.2) is 0 Å². The van der Waals surface area contributed by atoms with Crippen molar-refractivity contribution in [2.75, 3.05) is 40.3 Å². The number of amides is 2. The fourth-order valence-corrected chi connectivity index (χ4v) is 3.36. The molecule has 2 aliphatic heterocycles. The summed E-state index contributed by atoms with van der Waals surface area (Å²) >= 11 is 1.50. The highest BCUT2D eigenvalue weighted by atomic mass is 32.1. The molecule has 1 saturated heterocycles. The molecular weight excluding hydrogens is 274 g/mol. The first-order chi connectivity index (χ1) is 9.59. The number of carbonyl (C=O) groups excluding carboxylic acids is 2. The van der Waals surface area contributed by atoms with Crippen LogP contribution in [0.15, 0.2) is 23.2 Å². The summed E-state index contributed by atoms with van der Waals surface area (Å²) in [7, 11) is 3.63. The molecule has 0 atom stereocenters. The molecule has 0 unspecified atom stereocenters. The van der Waals surface area contributed by atoms with Gasteiger partial charge in [-0.1, -0.05) is 6.07 Å². The maximum Gasteiger partial charge on any atom is 0.277 e. The third-order valence-corrected chi connectivity index (χ3v) is 4.74. The Kier molecular flexibility index (Phi) is 3.35. The third-order valence-electron chi connectivity index (χ3n) is 3.85. The van der Waals surface area contributed by atoms with Gasteiger partial charge >= 0.3 is 0 Å². The summed E-state index contributed by atoms with van der Waals surface area (Å²) in [5.74, 6) is -0.366. The van der Waals surface area contributed by atoms with Gasteiger partial charge in [0.05, 0.1) is 5.57 Å². The van der Waals surface area contributed by atoms with Crippen molar-refractivity contribution in [2.24, 2.45) is 0 Å². The van der Waals surface area contributed by atoms with Crippen LogP contribution in [0.2, 0.25) is 0 Å². The third kappa shape index (κ3) is 2.05. The highest BCUT2D eigenvalue weighted by Gasteiger charge is 2.40. The lowest BCUT2D eigenvalue weighted by molar-refractivity contribution is -0.136. The molecule has 2 aliphatic rings. The van der Waals surface area contributed by atoms with Crippen molar-refractivity contribution in [1.82, 2.24) is 14.7 Å². The zero-order chi connectivity index (χ0) is 14.3. The van der Waals surface area contributed by atoms with Gasteiger partial charge in [0, 0.05) is 38.1 Å². The Labute approximate surface area is 122 Å². The maximum absolute atomic E-state index is 12.4. The zero-order valence-corrected chi connectivity index (χ0v) is 12.4. The van der Waals surface area contributed by atoms with E-state index in [-0.39, 0.29) is 11.8 Å². The van der Waals surface area contributed by atoms with Crippen molar-refractivity contribution >= 4 is 28.7 Å².